The van der Waals surface area contributed by atoms with E-state index in [1.165, 1.54) is 5.56 Å². The minimum absolute atomic E-state index is 0.00382. The summed E-state index contributed by atoms with van der Waals surface area (Å²) >= 11 is 2.10. The van der Waals surface area contributed by atoms with Crippen LogP contribution in [0.2, 0.25) is 0 Å². The fourth-order valence-electron chi connectivity index (χ4n) is 2.86. The highest BCUT2D eigenvalue weighted by molar-refractivity contribution is 8.00. The zero-order valence-electron chi connectivity index (χ0n) is 19.1. The number of rotatable bonds is 11. The van der Waals surface area contributed by atoms with E-state index in [4.69, 9.17) is 9.47 Å². The van der Waals surface area contributed by atoms with Gasteiger partial charge in [0.25, 0.3) is 0 Å². The molecule has 1 aromatic heterocycles. The molecule has 0 aliphatic rings. The Kier molecular flexibility index (Phi) is 10.4. The quantitative estimate of drug-likeness (QED) is 0.450. The van der Waals surface area contributed by atoms with Crippen LogP contribution in [0.3, 0.4) is 0 Å². The van der Waals surface area contributed by atoms with Crippen LogP contribution in [0, 0.1) is 6.92 Å². The minimum atomic E-state index is -0.627. The van der Waals surface area contributed by atoms with Crippen LogP contribution in [-0.2, 0) is 25.5 Å². The molecule has 33 heavy (non-hydrogen) atoms. The summed E-state index contributed by atoms with van der Waals surface area (Å²) in [5, 5.41) is 5.67. The number of thioether (sulfide) groups is 1. The first-order valence-electron chi connectivity index (χ1n) is 10.5. The fraction of sp³-hybridized carbons (Fsp3) is 0.391. The van der Waals surface area contributed by atoms with Gasteiger partial charge in [-0.25, -0.2) is 9.59 Å². The molecule has 0 aliphatic heterocycles. The molecular weight excluding hydrogens is 464 g/mol. The Bertz CT molecular complexity index is 1000. The number of esters is 2. The standard InChI is InChI=1S/C23H28N2O6S2/c1-5-15-8-10-16(11-9-15)24-17(26)12-32-13-18(27)25-21-19(22(28)30-6-2)14(4)20(33-21)23(29)31-7-3/h8-11H,5-7,12-13H2,1-4H3,(H,24,26)(H,25,27). The predicted molar refractivity (Wildman–Crippen MR) is 131 cm³/mol. The Balaban J connectivity index is 1.97. The van der Waals surface area contributed by atoms with E-state index in [1.807, 2.05) is 24.3 Å². The van der Waals surface area contributed by atoms with Crippen LogP contribution in [0.15, 0.2) is 24.3 Å². The molecule has 0 spiro atoms. The van der Waals surface area contributed by atoms with E-state index in [9.17, 15) is 19.2 Å². The average molecular weight is 493 g/mol. The van der Waals surface area contributed by atoms with Gasteiger partial charge in [0.15, 0.2) is 0 Å². The Morgan fingerprint density at radius 2 is 1.45 bits per heavy atom. The molecule has 2 aromatic rings. The van der Waals surface area contributed by atoms with Crippen molar-refractivity contribution in [3.05, 3.63) is 45.8 Å². The molecule has 2 amide bonds. The van der Waals surface area contributed by atoms with Gasteiger partial charge < -0.3 is 20.1 Å². The van der Waals surface area contributed by atoms with Gasteiger partial charge >= 0.3 is 11.9 Å². The predicted octanol–water partition coefficient (Wildman–Crippen LogP) is 4.28. The summed E-state index contributed by atoms with van der Waals surface area (Å²) in [4.78, 5) is 49.4. The Morgan fingerprint density at radius 3 is 2.03 bits per heavy atom. The van der Waals surface area contributed by atoms with Crippen LogP contribution in [0.25, 0.3) is 0 Å². The van der Waals surface area contributed by atoms with Gasteiger partial charge in [-0.2, -0.15) is 0 Å². The normalized spacial score (nSPS) is 10.4. The van der Waals surface area contributed by atoms with Crippen molar-refractivity contribution in [3.63, 3.8) is 0 Å². The van der Waals surface area contributed by atoms with E-state index in [2.05, 4.69) is 17.6 Å². The van der Waals surface area contributed by atoms with Crippen LogP contribution in [0.4, 0.5) is 10.7 Å². The van der Waals surface area contributed by atoms with Gasteiger partial charge in [-0.05, 0) is 50.5 Å². The molecule has 0 radical (unpaired) electrons. The largest absolute Gasteiger partial charge is 0.462 e. The summed E-state index contributed by atoms with van der Waals surface area (Å²) in [6.45, 7) is 7.36. The van der Waals surface area contributed by atoms with Crippen LogP contribution >= 0.6 is 23.1 Å². The maximum atomic E-state index is 12.4. The van der Waals surface area contributed by atoms with E-state index in [1.54, 1.807) is 20.8 Å². The van der Waals surface area contributed by atoms with Gasteiger partial charge in [-0.15, -0.1) is 23.1 Å². The summed E-state index contributed by atoms with van der Waals surface area (Å²) in [7, 11) is 0. The monoisotopic (exact) mass is 492 g/mol. The summed E-state index contributed by atoms with van der Waals surface area (Å²) in [6, 6.07) is 7.58. The summed E-state index contributed by atoms with van der Waals surface area (Å²) in [5.41, 5.74) is 2.41. The lowest BCUT2D eigenvalue weighted by atomic mass is 10.1. The van der Waals surface area contributed by atoms with Crippen LogP contribution in [-0.4, -0.2) is 48.5 Å². The fourth-order valence-corrected chi connectivity index (χ4v) is 4.58. The summed E-state index contributed by atoms with van der Waals surface area (Å²) in [5.74, 6) is -1.73. The van der Waals surface area contributed by atoms with E-state index in [0.717, 1.165) is 29.5 Å². The molecule has 0 fully saturated rings. The zero-order valence-corrected chi connectivity index (χ0v) is 20.7. The number of thiophene rings is 1. The topological polar surface area (TPSA) is 111 Å². The molecule has 1 aromatic carbocycles. The highest BCUT2D eigenvalue weighted by Gasteiger charge is 2.27. The second-order valence-corrected chi connectivity index (χ2v) is 8.85. The molecule has 8 nitrogen and oxygen atoms in total. The Hall–Kier alpha value is -2.85. The van der Waals surface area contributed by atoms with Crippen LogP contribution in [0.5, 0.6) is 0 Å². The van der Waals surface area contributed by atoms with Gasteiger partial charge in [-0.1, -0.05) is 19.1 Å². The van der Waals surface area contributed by atoms with Crippen molar-refractivity contribution in [2.45, 2.75) is 34.1 Å². The van der Waals surface area contributed by atoms with Crippen molar-refractivity contribution in [1.82, 2.24) is 0 Å². The van der Waals surface area contributed by atoms with E-state index < -0.39 is 17.8 Å². The minimum Gasteiger partial charge on any atom is -0.462 e. The number of anilines is 2. The second kappa shape index (κ2) is 13.0. The van der Waals surface area contributed by atoms with Crippen LogP contribution in [0.1, 0.15) is 51.9 Å². The number of carbonyl (C=O) groups is 4. The maximum Gasteiger partial charge on any atom is 0.348 e. The maximum absolute atomic E-state index is 12.4. The molecule has 2 rings (SSSR count). The number of carbonyl (C=O) groups excluding carboxylic acids is 4. The van der Waals surface area contributed by atoms with E-state index in [0.29, 0.717) is 11.3 Å². The van der Waals surface area contributed by atoms with Gasteiger partial charge in [0.2, 0.25) is 11.8 Å². The van der Waals surface area contributed by atoms with Crippen molar-refractivity contribution in [3.8, 4) is 0 Å². The molecule has 0 aliphatic carbocycles. The molecule has 10 heteroatoms. The first-order chi connectivity index (χ1) is 15.8. The van der Waals surface area contributed by atoms with Crippen molar-refractivity contribution in [2.24, 2.45) is 0 Å². The van der Waals surface area contributed by atoms with Crippen molar-refractivity contribution in [1.29, 1.82) is 0 Å². The highest BCUT2D eigenvalue weighted by atomic mass is 32.2. The first-order valence-corrected chi connectivity index (χ1v) is 12.5. The molecule has 0 bridgehead atoms. The first kappa shape index (κ1) is 26.4. The molecular formula is C23H28N2O6S2. The lowest BCUT2D eigenvalue weighted by Gasteiger charge is -2.08. The van der Waals surface area contributed by atoms with Crippen LogP contribution < -0.4 is 10.6 Å². The van der Waals surface area contributed by atoms with Crippen molar-refractivity contribution < 1.29 is 28.7 Å². The number of ether oxygens (including phenoxy) is 2. The Labute approximate surface area is 201 Å². The molecule has 1 heterocycles. The molecule has 178 valence electrons. The van der Waals surface area contributed by atoms with Gasteiger partial charge in [-0.3, -0.25) is 9.59 Å². The number of amides is 2. The van der Waals surface area contributed by atoms with Crippen molar-refractivity contribution in [2.75, 3.05) is 35.4 Å². The molecule has 2 N–H and O–H groups in total. The molecule has 0 saturated heterocycles. The van der Waals surface area contributed by atoms with Crippen molar-refractivity contribution >= 4 is 57.5 Å². The zero-order chi connectivity index (χ0) is 24.4. The summed E-state index contributed by atoms with van der Waals surface area (Å²) in [6.07, 6.45) is 0.919. The van der Waals surface area contributed by atoms with Gasteiger partial charge in [0, 0.05) is 5.69 Å². The number of hydrogen-bond acceptors (Lipinski definition) is 8. The lowest BCUT2D eigenvalue weighted by Crippen LogP contribution is -2.19. The molecule has 0 atom stereocenters. The third kappa shape index (κ3) is 7.61. The number of benzene rings is 1. The van der Waals surface area contributed by atoms with Gasteiger partial charge in [0.1, 0.15) is 9.88 Å². The smallest absolute Gasteiger partial charge is 0.348 e. The van der Waals surface area contributed by atoms with Gasteiger partial charge in [0.05, 0.1) is 30.3 Å². The van der Waals surface area contributed by atoms with E-state index in [-0.39, 0.29) is 46.1 Å². The lowest BCUT2D eigenvalue weighted by molar-refractivity contribution is -0.114. The second-order valence-electron chi connectivity index (χ2n) is 6.84. The summed E-state index contributed by atoms with van der Waals surface area (Å²) < 4.78 is 10.1. The average Bonchev–Trinajstić information content (AvgIpc) is 3.10. The van der Waals surface area contributed by atoms with E-state index >= 15 is 0 Å². The number of aryl methyl sites for hydroxylation is 1. The molecule has 0 saturated carbocycles. The SMILES string of the molecule is CCOC(=O)c1sc(NC(=O)CSCC(=O)Nc2ccc(CC)cc2)c(C(=O)OCC)c1C. The third-order valence-electron chi connectivity index (χ3n) is 4.45. The number of hydrogen-bond donors (Lipinski definition) is 2. The highest BCUT2D eigenvalue weighted by Crippen LogP contribution is 2.34. The third-order valence-corrected chi connectivity index (χ3v) is 6.57. The number of nitrogens with one attached hydrogen (secondary N) is 2. The molecule has 0 unspecified atom stereocenters. The Morgan fingerprint density at radius 1 is 0.879 bits per heavy atom.